The topological polar surface area (TPSA) is 12.9 Å². The average molecular weight is 225 g/mol. The van der Waals surface area contributed by atoms with E-state index in [0.717, 1.165) is 5.03 Å². The molecule has 3 heteroatoms. The Labute approximate surface area is 93.8 Å². The van der Waals surface area contributed by atoms with Gasteiger partial charge in [-0.1, -0.05) is 28.5 Å². The molecule has 1 aromatic rings. The molecule has 0 aliphatic carbocycles. The van der Waals surface area contributed by atoms with Crippen LogP contribution in [0.25, 0.3) is 0 Å². The van der Waals surface area contributed by atoms with Crippen LogP contribution in [0.4, 0.5) is 0 Å². The Kier molecular flexibility index (Phi) is 5.12. The van der Waals surface area contributed by atoms with Crippen molar-refractivity contribution >= 4 is 21.6 Å². The summed E-state index contributed by atoms with van der Waals surface area (Å²) in [6.07, 6.45) is 3.99. The van der Waals surface area contributed by atoms with Gasteiger partial charge in [0.15, 0.2) is 0 Å². The van der Waals surface area contributed by atoms with Crippen molar-refractivity contribution < 1.29 is 0 Å². The molecule has 14 heavy (non-hydrogen) atoms. The van der Waals surface area contributed by atoms with Gasteiger partial charge in [0.25, 0.3) is 0 Å². The maximum atomic E-state index is 4.26. The molecular formula is C11H15NS2. The third-order valence-corrected chi connectivity index (χ3v) is 4.85. The molecule has 0 saturated carbocycles. The Morgan fingerprint density at radius 1 is 1.50 bits per heavy atom. The van der Waals surface area contributed by atoms with Crippen LogP contribution < -0.4 is 0 Å². The largest absolute Gasteiger partial charge is 0.249 e. The molecule has 0 amide bonds. The van der Waals surface area contributed by atoms with Crippen LogP contribution in [0.3, 0.4) is 0 Å². The minimum absolute atomic E-state index is 0.548. The minimum Gasteiger partial charge on any atom is -0.249 e. The Bertz CT molecular complexity index is 295. The molecule has 76 valence electrons. The van der Waals surface area contributed by atoms with E-state index in [1.165, 1.54) is 5.57 Å². The van der Waals surface area contributed by atoms with Crippen molar-refractivity contribution in [2.45, 2.75) is 31.0 Å². The molecule has 1 nitrogen and oxygen atoms in total. The van der Waals surface area contributed by atoms with Gasteiger partial charge in [0, 0.05) is 11.4 Å². The molecule has 0 bridgehead atoms. The van der Waals surface area contributed by atoms with E-state index in [4.69, 9.17) is 0 Å². The Morgan fingerprint density at radius 3 is 2.86 bits per heavy atom. The number of pyridine rings is 1. The SMILES string of the molecule is C/C=C(\C)C(C)SSc1ccccn1. The number of hydrogen-bond acceptors (Lipinski definition) is 3. The van der Waals surface area contributed by atoms with Gasteiger partial charge in [-0.15, -0.1) is 0 Å². The zero-order valence-electron chi connectivity index (χ0n) is 8.73. The molecular weight excluding hydrogens is 210 g/mol. The van der Waals surface area contributed by atoms with Crippen molar-refractivity contribution in [1.29, 1.82) is 0 Å². The first-order valence-corrected chi connectivity index (χ1v) is 6.82. The van der Waals surface area contributed by atoms with Crippen molar-refractivity contribution in [1.82, 2.24) is 4.98 Å². The summed E-state index contributed by atoms with van der Waals surface area (Å²) in [6.45, 7) is 6.46. The second kappa shape index (κ2) is 6.14. The van der Waals surface area contributed by atoms with Gasteiger partial charge in [-0.05, 0) is 43.7 Å². The first-order valence-electron chi connectivity index (χ1n) is 4.61. The van der Waals surface area contributed by atoms with Crippen LogP contribution >= 0.6 is 21.6 Å². The standard InChI is InChI=1S/C11H15NS2/c1-4-9(2)10(3)13-14-11-7-5-6-8-12-11/h4-8,10H,1-3H3/b9-4+. The van der Waals surface area contributed by atoms with Gasteiger partial charge in [0.05, 0.1) is 0 Å². The van der Waals surface area contributed by atoms with Crippen LogP contribution in [0.2, 0.25) is 0 Å². The molecule has 0 spiro atoms. The van der Waals surface area contributed by atoms with Gasteiger partial charge in [0.1, 0.15) is 5.03 Å². The lowest BCUT2D eigenvalue weighted by Crippen LogP contribution is -1.94. The summed E-state index contributed by atoms with van der Waals surface area (Å²) in [7, 11) is 3.58. The lowest BCUT2D eigenvalue weighted by molar-refractivity contribution is 1.12. The third-order valence-electron chi connectivity index (χ3n) is 2.01. The summed E-state index contributed by atoms with van der Waals surface area (Å²) in [5.41, 5.74) is 1.42. The van der Waals surface area contributed by atoms with E-state index in [1.807, 2.05) is 35.2 Å². The lowest BCUT2D eigenvalue weighted by Gasteiger charge is -2.09. The van der Waals surface area contributed by atoms with Crippen LogP contribution in [0.1, 0.15) is 20.8 Å². The second-order valence-corrected chi connectivity index (χ2v) is 5.58. The van der Waals surface area contributed by atoms with Gasteiger partial charge >= 0.3 is 0 Å². The molecule has 0 aliphatic rings. The zero-order chi connectivity index (χ0) is 10.4. The molecule has 0 aliphatic heterocycles. The van der Waals surface area contributed by atoms with Crippen LogP contribution in [0.15, 0.2) is 41.1 Å². The number of nitrogens with zero attached hydrogens (tertiary/aromatic N) is 1. The molecule has 0 N–H and O–H groups in total. The summed E-state index contributed by atoms with van der Waals surface area (Å²) in [5, 5.41) is 1.63. The summed E-state index contributed by atoms with van der Waals surface area (Å²) < 4.78 is 0. The van der Waals surface area contributed by atoms with Crippen LogP contribution in [-0.2, 0) is 0 Å². The van der Waals surface area contributed by atoms with Gasteiger partial charge in [0.2, 0.25) is 0 Å². The first kappa shape index (κ1) is 11.7. The highest BCUT2D eigenvalue weighted by Gasteiger charge is 2.05. The van der Waals surface area contributed by atoms with Crippen molar-refractivity contribution in [2.24, 2.45) is 0 Å². The predicted molar refractivity (Wildman–Crippen MR) is 66.6 cm³/mol. The number of aromatic nitrogens is 1. The summed E-state index contributed by atoms with van der Waals surface area (Å²) >= 11 is 0. The first-order chi connectivity index (χ1) is 6.74. The fraction of sp³-hybridized carbons (Fsp3) is 0.364. The van der Waals surface area contributed by atoms with Crippen molar-refractivity contribution in [2.75, 3.05) is 0 Å². The van der Waals surface area contributed by atoms with Crippen LogP contribution in [-0.4, -0.2) is 10.2 Å². The fourth-order valence-electron chi connectivity index (χ4n) is 0.828. The van der Waals surface area contributed by atoms with Crippen molar-refractivity contribution in [3.05, 3.63) is 36.0 Å². The molecule has 0 aromatic carbocycles. The van der Waals surface area contributed by atoms with E-state index in [9.17, 15) is 0 Å². The fourth-order valence-corrected chi connectivity index (χ4v) is 3.08. The minimum atomic E-state index is 0.548. The van der Waals surface area contributed by atoms with Gasteiger partial charge < -0.3 is 0 Å². The van der Waals surface area contributed by atoms with Gasteiger partial charge in [-0.25, -0.2) is 4.98 Å². The van der Waals surface area contributed by atoms with Crippen molar-refractivity contribution in [3.63, 3.8) is 0 Å². The third kappa shape index (κ3) is 3.76. The summed E-state index contributed by atoms with van der Waals surface area (Å²) in [5.74, 6) is 0. The van der Waals surface area contributed by atoms with Gasteiger partial charge in [-0.3, -0.25) is 0 Å². The van der Waals surface area contributed by atoms with Crippen LogP contribution in [0, 0.1) is 0 Å². The highest BCUT2D eigenvalue weighted by atomic mass is 33.1. The Hall–Kier alpha value is -0.410. The Morgan fingerprint density at radius 2 is 2.29 bits per heavy atom. The monoisotopic (exact) mass is 225 g/mol. The van der Waals surface area contributed by atoms with E-state index in [1.54, 1.807) is 10.8 Å². The molecule has 1 rings (SSSR count). The molecule has 1 unspecified atom stereocenters. The van der Waals surface area contributed by atoms with E-state index in [2.05, 4.69) is 31.8 Å². The van der Waals surface area contributed by atoms with Crippen LogP contribution in [0.5, 0.6) is 0 Å². The quantitative estimate of drug-likeness (QED) is 0.563. The lowest BCUT2D eigenvalue weighted by atomic mass is 10.2. The maximum Gasteiger partial charge on any atom is 0.106 e. The molecule has 1 atom stereocenters. The number of allylic oxidation sites excluding steroid dienone is 1. The maximum absolute atomic E-state index is 4.26. The molecule has 1 aromatic heterocycles. The van der Waals surface area contributed by atoms with E-state index in [0.29, 0.717) is 5.25 Å². The highest BCUT2D eigenvalue weighted by Crippen LogP contribution is 2.35. The second-order valence-electron chi connectivity index (χ2n) is 3.02. The van der Waals surface area contributed by atoms with Crippen molar-refractivity contribution in [3.8, 4) is 0 Å². The normalized spacial score (nSPS) is 14.1. The number of rotatable bonds is 4. The molecule has 0 saturated heterocycles. The summed E-state index contributed by atoms with van der Waals surface area (Å²) in [6, 6.07) is 5.99. The highest BCUT2D eigenvalue weighted by molar-refractivity contribution is 8.77. The molecule has 0 radical (unpaired) electrons. The molecule has 0 fully saturated rings. The van der Waals surface area contributed by atoms with E-state index >= 15 is 0 Å². The van der Waals surface area contributed by atoms with E-state index < -0.39 is 0 Å². The summed E-state index contributed by atoms with van der Waals surface area (Å²) in [4.78, 5) is 4.26. The predicted octanol–water partition coefficient (Wildman–Crippen LogP) is 4.18. The zero-order valence-corrected chi connectivity index (χ0v) is 10.4. The van der Waals surface area contributed by atoms with Gasteiger partial charge in [-0.2, -0.15) is 0 Å². The van der Waals surface area contributed by atoms with E-state index in [-0.39, 0.29) is 0 Å². The Balaban J connectivity index is 2.42. The molecule has 1 heterocycles. The average Bonchev–Trinajstić information content (AvgIpc) is 2.26. The number of hydrogen-bond donors (Lipinski definition) is 0. The smallest absolute Gasteiger partial charge is 0.106 e.